The number of fused-ring (bicyclic) bond motifs is 1. The number of benzene rings is 2. The van der Waals surface area contributed by atoms with Gasteiger partial charge in [-0.25, -0.2) is 14.6 Å². The van der Waals surface area contributed by atoms with Gasteiger partial charge in [-0.05, 0) is 88.5 Å². The summed E-state index contributed by atoms with van der Waals surface area (Å²) in [6.45, 7) is 9.29. The van der Waals surface area contributed by atoms with Crippen molar-refractivity contribution in [3.63, 3.8) is 0 Å². The fraction of sp³-hybridized carbons (Fsp3) is 0.425. The summed E-state index contributed by atoms with van der Waals surface area (Å²) in [4.78, 5) is 50.0. The average Bonchev–Trinajstić information content (AvgIpc) is 3.61. The van der Waals surface area contributed by atoms with Gasteiger partial charge in [0.05, 0.1) is 40.3 Å². The number of ether oxygens (including phenoxy) is 1. The Hall–Kier alpha value is -5.32. The lowest BCUT2D eigenvalue weighted by Crippen LogP contribution is -2.59. The molecule has 7 rings (SSSR count). The minimum absolute atomic E-state index is 0.0437. The van der Waals surface area contributed by atoms with Gasteiger partial charge in [0.15, 0.2) is 0 Å². The maximum atomic E-state index is 13.2. The minimum atomic E-state index is -0.360. The fourth-order valence-electron chi connectivity index (χ4n) is 7.83. The molecule has 2 aromatic heterocycles. The first-order chi connectivity index (χ1) is 26.2. The molecule has 13 nitrogen and oxygen atoms in total. The van der Waals surface area contributed by atoms with E-state index in [2.05, 4.69) is 61.3 Å². The molecule has 2 aromatic carbocycles. The van der Waals surface area contributed by atoms with Gasteiger partial charge in [0, 0.05) is 80.6 Å². The highest BCUT2D eigenvalue weighted by molar-refractivity contribution is 6.32. The molecule has 0 radical (unpaired) electrons. The third-order valence-corrected chi connectivity index (χ3v) is 11.1. The van der Waals surface area contributed by atoms with Crippen LogP contribution >= 0.6 is 11.6 Å². The second-order valence-electron chi connectivity index (χ2n) is 14.4. The van der Waals surface area contributed by atoms with E-state index in [1.54, 1.807) is 23.2 Å². The zero-order valence-corrected chi connectivity index (χ0v) is 31.5. The highest BCUT2D eigenvalue weighted by atomic mass is 35.5. The Morgan fingerprint density at radius 1 is 1.04 bits per heavy atom. The number of likely N-dealkylation sites (tertiary alicyclic amines) is 1. The molecule has 14 heteroatoms. The third-order valence-electron chi connectivity index (χ3n) is 10.8. The van der Waals surface area contributed by atoms with Gasteiger partial charge in [-0.15, -0.1) is 0 Å². The topological polar surface area (TPSA) is 139 Å². The zero-order chi connectivity index (χ0) is 37.8. The number of carbonyl (C=O) groups excluding carboxylic acids is 3. The number of imide groups is 1. The Balaban J connectivity index is 0.814. The van der Waals surface area contributed by atoms with Crippen molar-refractivity contribution < 1.29 is 19.1 Å². The van der Waals surface area contributed by atoms with E-state index < -0.39 is 0 Å². The lowest BCUT2D eigenvalue weighted by atomic mass is 10.0. The normalized spacial score (nSPS) is 19.9. The summed E-state index contributed by atoms with van der Waals surface area (Å²) in [5.41, 5.74) is 3.94. The maximum absolute atomic E-state index is 13.2. The number of piperidine rings is 1. The van der Waals surface area contributed by atoms with E-state index in [-0.39, 0.29) is 30.1 Å². The molecule has 0 aliphatic carbocycles. The summed E-state index contributed by atoms with van der Waals surface area (Å²) in [5, 5.41) is 16.1. The smallest absolute Gasteiger partial charge is 0.328 e. The monoisotopic (exact) mass is 751 g/mol. The van der Waals surface area contributed by atoms with Crippen LogP contribution in [0.2, 0.25) is 5.02 Å². The predicted octanol–water partition coefficient (Wildman–Crippen LogP) is 6.63. The molecule has 3 fully saturated rings. The van der Waals surface area contributed by atoms with Crippen LogP contribution < -0.4 is 25.2 Å². The van der Waals surface area contributed by atoms with E-state index in [1.165, 1.54) is 0 Å². The summed E-state index contributed by atoms with van der Waals surface area (Å²) in [6, 6.07) is 19.2. The molecule has 0 saturated carbocycles. The number of rotatable bonds is 10. The predicted molar refractivity (Wildman–Crippen MR) is 209 cm³/mol. The van der Waals surface area contributed by atoms with Crippen LogP contribution in [0.4, 0.5) is 26.7 Å². The maximum Gasteiger partial charge on any atom is 0.328 e. The van der Waals surface area contributed by atoms with Crippen molar-refractivity contribution in [2.45, 2.75) is 64.1 Å². The van der Waals surface area contributed by atoms with Gasteiger partial charge in [-0.1, -0.05) is 17.7 Å². The second-order valence-corrected chi connectivity index (χ2v) is 14.8. The molecular formula is C40H46ClN9O4. The summed E-state index contributed by atoms with van der Waals surface area (Å²) in [6.07, 6.45) is 8.11. The number of nitrogens with zero attached hydrogens (tertiary/aromatic N) is 7. The SMILES string of the molecule is C[C@@H]1CN(c2ccc(C#N)c(Cl)c2)[C@@H](C)CN1C(=O)Nc1ccc(OCCCCN2CCC(n3ccc4c(N5CCC(=O)NC5=O)cccc43)CC2)nc1. The van der Waals surface area contributed by atoms with Crippen molar-refractivity contribution in [3.05, 3.63) is 77.6 Å². The number of hydrogen-bond donors (Lipinski definition) is 2. The standard InChI is InChI=1S/C40H46ClN9O4/c1-27-26-50(28(2)25-49(27)32-10-8-29(23-42)34(41)22-32)39(52)44-30-9-11-38(43-24-30)54-21-4-3-16-46-17-12-31(13-18-46)47-19-14-33-35(47)6-5-7-36(33)48-20-15-37(51)45-40(48)53/h5-11,14,19,22,24,27-28,31H,3-4,12-13,15-18,20-21,25-26H2,1-2H3,(H,44,52)(H,45,51,53)/t27-,28+/m0/s1. The van der Waals surface area contributed by atoms with E-state index in [0.29, 0.717) is 60.9 Å². The highest BCUT2D eigenvalue weighted by Gasteiger charge is 2.33. The van der Waals surface area contributed by atoms with Crippen LogP contribution in [0.3, 0.4) is 0 Å². The number of piperazine rings is 1. The van der Waals surface area contributed by atoms with E-state index in [1.807, 2.05) is 42.2 Å². The summed E-state index contributed by atoms with van der Waals surface area (Å²) >= 11 is 6.28. The molecule has 2 N–H and O–H groups in total. The Morgan fingerprint density at radius 2 is 1.87 bits per heavy atom. The number of urea groups is 2. The molecule has 0 unspecified atom stereocenters. The minimum Gasteiger partial charge on any atom is -0.478 e. The average molecular weight is 752 g/mol. The number of nitrogens with one attached hydrogen (secondary N) is 2. The van der Waals surface area contributed by atoms with Crippen LogP contribution in [0, 0.1) is 11.3 Å². The third kappa shape index (κ3) is 8.10. The molecule has 54 heavy (non-hydrogen) atoms. The number of nitriles is 1. The van der Waals surface area contributed by atoms with E-state index in [0.717, 1.165) is 67.6 Å². The summed E-state index contributed by atoms with van der Waals surface area (Å²) in [7, 11) is 0. The molecule has 4 aromatic rings. The first kappa shape index (κ1) is 37.0. The largest absolute Gasteiger partial charge is 0.478 e. The van der Waals surface area contributed by atoms with Crippen molar-refractivity contribution >= 4 is 57.5 Å². The van der Waals surface area contributed by atoms with Gasteiger partial charge in [0.2, 0.25) is 11.8 Å². The number of aromatic nitrogens is 2. The van der Waals surface area contributed by atoms with Crippen LogP contribution in [-0.4, -0.2) is 95.3 Å². The van der Waals surface area contributed by atoms with Crippen molar-refractivity contribution in [2.75, 3.05) is 61.0 Å². The van der Waals surface area contributed by atoms with Gasteiger partial charge in [0.25, 0.3) is 0 Å². The van der Waals surface area contributed by atoms with Crippen molar-refractivity contribution in [1.82, 2.24) is 24.7 Å². The van der Waals surface area contributed by atoms with Crippen molar-refractivity contribution in [3.8, 4) is 11.9 Å². The molecule has 2 atom stereocenters. The lowest BCUT2D eigenvalue weighted by molar-refractivity contribution is -0.120. The molecule has 3 aliphatic rings. The molecule has 0 bridgehead atoms. The Morgan fingerprint density at radius 3 is 2.61 bits per heavy atom. The number of carbonyl (C=O) groups is 3. The van der Waals surface area contributed by atoms with Crippen LogP contribution in [0.25, 0.3) is 10.9 Å². The van der Waals surface area contributed by atoms with Crippen LogP contribution in [0.1, 0.15) is 57.6 Å². The lowest BCUT2D eigenvalue weighted by Gasteiger charge is -2.45. The van der Waals surface area contributed by atoms with Gasteiger partial charge < -0.3 is 29.3 Å². The quantitative estimate of drug-likeness (QED) is 0.172. The van der Waals surface area contributed by atoms with Crippen molar-refractivity contribution in [1.29, 1.82) is 5.26 Å². The first-order valence-electron chi connectivity index (χ1n) is 18.7. The number of pyridine rings is 1. The number of unbranched alkanes of at least 4 members (excludes halogenated alkanes) is 1. The van der Waals surface area contributed by atoms with Gasteiger partial charge in [-0.2, -0.15) is 5.26 Å². The number of anilines is 3. The Bertz CT molecular complexity index is 2040. The second kappa shape index (κ2) is 16.4. The van der Waals surface area contributed by atoms with Gasteiger partial charge in [0.1, 0.15) is 6.07 Å². The van der Waals surface area contributed by atoms with Gasteiger partial charge in [-0.3, -0.25) is 15.0 Å². The zero-order valence-electron chi connectivity index (χ0n) is 30.7. The van der Waals surface area contributed by atoms with Crippen LogP contribution in [0.5, 0.6) is 5.88 Å². The number of hydrogen-bond acceptors (Lipinski definition) is 8. The first-order valence-corrected chi connectivity index (χ1v) is 19.1. The molecule has 3 aliphatic heterocycles. The Labute approximate surface area is 320 Å². The summed E-state index contributed by atoms with van der Waals surface area (Å²) < 4.78 is 8.26. The van der Waals surface area contributed by atoms with E-state index in [9.17, 15) is 19.6 Å². The van der Waals surface area contributed by atoms with E-state index in [4.69, 9.17) is 16.3 Å². The van der Waals surface area contributed by atoms with Crippen LogP contribution in [-0.2, 0) is 4.79 Å². The molecule has 282 valence electrons. The molecular weight excluding hydrogens is 706 g/mol. The number of amides is 5. The fourth-order valence-corrected chi connectivity index (χ4v) is 8.05. The highest BCUT2D eigenvalue weighted by Crippen LogP contribution is 2.34. The molecule has 0 spiro atoms. The molecule has 5 amide bonds. The van der Waals surface area contributed by atoms with E-state index >= 15 is 0 Å². The number of halogens is 1. The Kier molecular flexibility index (Phi) is 11.2. The summed E-state index contributed by atoms with van der Waals surface area (Å²) in [5.74, 6) is 0.301. The molecule has 3 saturated heterocycles. The van der Waals surface area contributed by atoms with Gasteiger partial charge >= 0.3 is 12.1 Å². The molecule has 5 heterocycles. The van der Waals surface area contributed by atoms with Crippen molar-refractivity contribution in [2.24, 2.45) is 0 Å². The van der Waals surface area contributed by atoms with Crippen LogP contribution in [0.15, 0.2) is 67.0 Å².